The minimum Gasteiger partial charge on any atom is -0.497 e. The molecule has 0 saturated carbocycles. The lowest BCUT2D eigenvalue weighted by atomic mass is 10.3. The van der Waals surface area contributed by atoms with Crippen molar-refractivity contribution in [3.8, 4) is 11.5 Å². The minimum absolute atomic E-state index is 0.00665. The number of hydrogen-bond acceptors (Lipinski definition) is 4. The molecule has 0 aliphatic heterocycles. The molecule has 0 N–H and O–H groups in total. The maximum atomic E-state index is 12.4. The zero-order valence-electron chi connectivity index (χ0n) is 15.3. The number of benzene rings is 2. The van der Waals surface area contributed by atoms with E-state index in [-0.39, 0.29) is 18.4 Å². The first-order valence-electron chi connectivity index (χ1n) is 8.35. The van der Waals surface area contributed by atoms with Crippen LogP contribution in [-0.2, 0) is 9.59 Å². The molecule has 2 aromatic carbocycles. The number of nitrogens with zero attached hydrogens (tertiary/aromatic N) is 2. The van der Waals surface area contributed by atoms with Gasteiger partial charge >= 0.3 is 0 Å². The molecule has 0 bridgehead atoms. The fourth-order valence-corrected chi connectivity index (χ4v) is 2.36. The van der Waals surface area contributed by atoms with Gasteiger partial charge in [0, 0.05) is 19.7 Å². The van der Waals surface area contributed by atoms with Gasteiger partial charge in [0.2, 0.25) is 11.8 Å². The van der Waals surface area contributed by atoms with E-state index in [1.54, 1.807) is 43.3 Å². The maximum Gasteiger partial charge on any atom is 0.246 e. The van der Waals surface area contributed by atoms with Crippen molar-refractivity contribution in [3.05, 3.63) is 54.6 Å². The van der Waals surface area contributed by atoms with Crippen molar-refractivity contribution in [2.45, 2.75) is 6.92 Å². The predicted octanol–water partition coefficient (Wildman–Crippen LogP) is 2.59. The van der Waals surface area contributed by atoms with Gasteiger partial charge in [-0.1, -0.05) is 18.2 Å². The van der Waals surface area contributed by atoms with Gasteiger partial charge in [-0.25, -0.2) is 0 Å². The molecule has 2 rings (SSSR count). The molecule has 0 spiro atoms. The van der Waals surface area contributed by atoms with Crippen molar-refractivity contribution in [1.29, 1.82) is 0 Å². The smallest absolute Gasteiger partial charge is 0.246 e. The number of carbonyl (C=O) groups excluding carboxylic acids is 2. The molecular formula is C20H24N2O4. The molecule has 138 valence electrons. The van der Waals surface area contributed by atoms with Gasteiger partial charge in [-0.05, 0) is 36.4 Å². The monoisotopic (exact) mass is 356 g/mol. The first-order chi connectivity index (χ1) is 12.5. The van der Waals surface area contributed by atoms with Crippen LogP contribution in [0.15, 0.2) is 54.6 Å². The molecule has 0 atom stereocenters. The fourth-order valence-electron chi connectivity index (χ4n) is 2.36. The van der Waals surface area contributed by atoms with Gasteiger partial charge in [-0.15, -0.1) is 0 Å². The highest BCUT2D eigenvalue weighted by Crippen LogP contribution is 2.17. The number of para-hydroxylation sites is 1. The molecule has 0 aromatic heterocycles. The number of likely N-dealkylation sites (N-methyl/N-ethyl adjacent to an activating group) is 1. The highest BCUT2D eigenvalue weighted by atomic mass is 16.5. The van der Waals surface area contributed by atoms with Crippen molar-refractivity contribution in [3.63, 3.8) is 0 Å². The summed E-state index contributed by atoms with van der Waals surface area (Å²) < 4.78 is 10.7. The first-order valence-corrected chi connectivity index (χ1v) is 8.35. The van der Waals surface area contributed by atoms with Crippen molar-refractivity contribution < 1.29 is 19.1 Å². The summed E-state index contributed by atoms with van der Waals surface area (Å²) in [6, 6.07) is 16.5. The molecule has 0 aliphatic carbocycles. The summed E-state index contributed by atoms with van der Waals surface area (Å²) in [6.45, 7) is 2.08. The first kappa shape index (κ1) is 19.3. The Labute approximate surface area is 153 Å². The summed E-state index contributed by atoms with van der Waals surface area (Å²) in [5, 5.41) is 0. The number of ether oxygens (including phenoxy) is 2. The maximum absolute atomic E-state index is 12.4. The van der Waals surface area contributed by atoms with E-state index in [4.69, 9.17) is 9.47 Å². The molecule has 2 amide bonds. The Kier molecular flexibility index (Phi) is 7.02. The number of anilines is 1. The molecule has 6 nitrogen and oxygen atoms in total. The van der Waals surface area contributed by atoms with E-state index >= 15 is 0 Å². The van der Waals surface area contributed by atoms with Crippen molar-refractivity contribution >= 4 is 17.5 Å². The van der Waals surface area contributed by atoms with Crippen molar-refractivity contribution in [2.75, 3.05) is 38.8 Å². The summed E-state index contributed by atoms with van der Waals surface area (Å²) in [6.07, 6.45) is 0. The summed E-state index contributed by atoms with van der Waals surface area (Å²) in [4.78, 5) is 27.3. The third-order valence-electron chi connectivity index (χ3n) is 3.98. The Balaban J connectivity index is 1.87. The third kappa shape index (κ3) is 5.51. The van der Waals surface area contributed by atoms with E-state index in [0.717, 1.165) is 11.4 Å². The largest absolute Gasteiger partial charge is 0.497 e. The number of carbonyl (C=O) groups is 2. The molecule has 0 saturated heterocycles. The predicted molar refractivity (Wildman–Crippen MR) is 101 cm³/mol. The zero-order valence-corrected chi connectivity index (χ0v) is 15.3. The second-order valence-electron chi connectivity index (χ2n) is 5.75. The third-order valence-corrected chi connectivity index (χ3v) is 3.98. The van der Waals surface area contributed by atoms with E-state index < -0.39 is 0 Å². The lowest BCUT2D eigenvalue weighted by Crippen LogP contribution is -2.42. The molecular weight excluding hydrogens is 332 g/mol. The van der Waals surface area contributed by atoms with E-state index in [0.29, 0.717) is 18.9 Å². The van der Waals surface area contributed by atoms with Crippen molar-refractivity contribution in [1.82, 2.24) is 4.90 Å². The standard InChI is InChI=1S/C20H24N2O4/c1-16(23)22(13-14-26-19-11-9-18(25-3)10-12-19)15-20(24)21(2)17-7-5-4-6-8-17/h4-12H,13-15H2,1-3H3. The van der Waals surface area contributed by atoms with E-state index in [9.17, 15) is 9.59 Å². The molecule has 26 heavy (non-hydrogen) atoms. The van der Waals surface area contributed by atoms with Gasteiger partial charge in [-0.2, -0.15) is 0 Å². The van der Waals surface area contributed by atoms with Crippen LogP contribution in [0.3, 0.4) is 0 Å². The number of amides is 2. The lowest BCUT2D eigenvalue weighted by molar-refractivity contribution is -0.133. The number of hydrogen-bond donors (Lipinski definition) is 0. The summed E-state index contributed by atoms with van der Waals surface area (Å²) in [5.41, 5.74) is 0.787. The van der Waals surface area contributed by atoms with Gasteiger partial charge in [0.05, 0.1) is 13.7 Å². The Hall–Kier alpha value is -3.02. The fraction of sp³-hybridized carbons (Fsp3) is 0.300. The summed E-state index contributed by atoms with van der Waals surface area (Å²) >= 11 is 0. The highest BCUT2D eigenvalue weighted by Gasteiger charge is 2.17. The molecule has 0 fully saturated rings. The Morgan fingerprint density at radius 1 is 0.962 bits per heavy atom. The van der Waals surface area contributed by atoms with E-state index in [1.807, 2.05) is 30.3 Å². The average Bonchev–Trinajstić information content (AvgIpc) is 2.67. The Bertz CT molecular complexity index is 716. The van der Waals surface area contributed by atoms with Gasteiger partial charge in [0.15, 0.2) is 0 Å². The second kappa shape index (κ2) is 9.46. The lowest BCUT2D eigenvalue weighted by Gasteiger charge is -2.24. The van der Waals surface area contributed by atoms with Crippen LogP contribution in [0.4, 0.5) is 5.69 Å². The number of rotatable bonds is 8. The number of methoxy groups -OCH3 is 1. The van der Waals surface area contributed by atoms with Crippen LogP contribution in [0.2, 0.25) is 0 Å². The normalized spacial score (nSPS) is 10.1. The van der Waals surface area contributed by atoms with E-state index in [1.165, 1.54) is 11.8 Å². The summed E-state index contributed by atoms with van der Waals surface area (Å²) in [5.74, 6) is 1.10. The van der Waals surface area contributed by atoms with Gasteiger partial charge in [-0.3, -0.25) is 9.59 Å². The average molecular weight is 356 g/mol. The SMILES string of the molecule is COc1ccc(OCCN(CC(=O)N(C)c2ccccc2)C(C)=O)cc1. The minimum atomic E-state index is -0.168. The Morgan fingerprint density at radius 2 is 1.58 bits per heavy atom. The molecule has 0 aliphatic rings. The molecule has 2 aromatic rings. The van der Waals surface area contributed by atoms with Crippen LogP contribution in [-0.4, -0.2) is 50.6 Å². The Morgan fingerprint density at radius 3 is 2.15 bits per heavy atom. The van der Waals surface area contributed by atoms with Gasteiger partial charge in [0.1, 0.15) is 24.7 Å². The molecule has 0 heterocycles. The molecule has 6 heteroatoms. The quantitative estimate of drug-likeness (QED) is 0.729. The van der Waals surface area contributed by atoms with Crippen molar-refractivity contribution in [2.24, 2.45) is 0 Å². The van der Waals surface area contributed by atoms with Crippen LogP contribution < -0.4 is 14.4 Å². The second-order valence-corrected chi connectivity index (χ2v) is 5.75. The van der Waals surface area contributed by atoms with Crippen LogP contribution in [0.1, 0.15) is 6.92 Å². The van der Waals surface area contributed by atoms with Crippen LogP contribution >= 0.6 is 0 Å². The molecule has 0 radical (unpaired) electrons. The van der Waals surface area contributed by atoms with Crippen LogP contribution in [0.5, 0.6) is 11.5 Å². The van der Waals surface area contributed by atoms with E-state index in [2.05, 4.69) is 0 Å². The highest BCUT2D eigenvalue weighted by molar-refractivity contribution is 5.96. The topological polar surface area (TPSA) is 59.1 Å². The van der Waals surface area contributed by atoms with Crippen LogP contribution in [0.25, 0.3) is 0 Å². The zero-order chi connectivity index (χ0) is 18.9. The van der Waals surface area contributed by atoms with Crippen LogP contribution in [0, 0.1) is 0 Å². The van der Waals surface area contributed by atoms with Gasteiger partial charge in [0.25, 0.3) is 0 Å². The molecule has 0 unspecified atom stereocenters. The van der Waals surface area contributed by atoms with Gasteiger partial charge < -0.3 is 19.3 Å². The summed E-state index contributed by atoms with van der Waals surface area (Å²) in [7, 11) is 3.30.